The van der Waals surface area contributed by atoms with Crippen LogP contribution in [-0.4, -0.2) is 53.8 Å². The number of benzene rings is 1. The standard InChI is InChI=1S/C19H22N2O5/c1-12-9-21(10-13(2)25-12)16(22)11-24-19(23)17-14(3)26-20-18(17)15-7-5-4-6-8-15/h4-8,12-13H,9-11H2,1-3H3/t12-,13-/m0/s1. The number of aryl methyl sites for hydroxylation is 1. The van der Waals surface area contributed by atoms with Crippen LogP contribution in [0.3, 0.4) is 0 Å². The zero-order valence-electron chi connectivity index (χ0n) is 15.1. The van der Waals surface area contributed by atoms with Crippen molar-refractivity contribution in [2.24, 2.45) is 0 Å². The van der Waals surface area contributed by atoms with E-state index in [9.17, 15) is 9.59 Å². The van der Waals surface area contributed by atoms with Gasteiger partial charge in [0.25, 0.3) is 5.91 Å². The van der Waals surface area contributed by atoms with Crippen LogP contribution in [0.2, 0.25) is 0 Å². The van der Waals surface area contributed by atoms with Crippen LogP contribution in [0, 0.1) is 6.92 Å². The van der Waals surface area contributed by atoms with Gasteiger partial charge in [-0.25, -0.2) is 4.79 Å². The highest BCUT2D eigenvalue weighted by atomic mass is 16.5. The van der Waals surface area contributed by atoms with Crippen molar-refractivity contribution < 1.29 is 23.6 Å². The smallest absolute Gasteiger partial charge is 0.344 e. The van der Waals surface area contributed by atoms with Crippen LogP contribution in [0.4, 0.5) is 0 Å². The van der Waals surface area contributed by atoms with Gasteiger partial charge < -0.3 is 18.9 Å². The first kappa shape index (κ1) is 18.1. The van der Waals surface area contributed by atoms with Crippen LogP contribution in [0.5, 0.6) is 0 Å². The summed E-state index contributed by atoms with van der Waals surface area (Å²) in [6, 6.07) is 9.22. The van der Waals surface area contributed by atoms with Crippen LogP contribution in [0.25, 0.3) is 11.3 Å². The second kappa shape index (κ2) is 7.70. The first-order chi connectivity index (χ1) is 12.5. The molecule has 1 aliphatic heterocycles. The van der Waals surface area contributed by atoms with E-state index in [-0.39, 0.29) is 30.3 Å². The average molecular weight is 358 g/mol. The van der Waals surface area contributed by atoms with Gasteiger partial charge >= 0.3 is 5.97 Å². The monoisotopic (exact) mass is 358 g/mol. The lowest BCUT2D eigenvalue weighted by atomic mass is 10.1. The van der Waals surface area contributed by atoms with E-state index >= 15 is 0 Å². The zero-order valence-corrected chi connectivity index (χ0v) is 15.1. The van der Waals surface area contributed by atoms with Crippen LogP contribution in [0.1, 0.15) is 30.0 Å². The molecule has 0 radical (unpaired) electrons. The van der Waals surface area contributed by atoms with Crippen molar-refractivity contribution in [1.29, 1.82) is 0 Å². The molecule has 1 aromatic heterocycles. The second-order valence-electron chi connectivity index (χ2n) is 6.46. The Labute approximate surface area is 151 Å². The lowest BCUT2D eigenvalue weighted by molar-refractivity contribution is -0.146. The fourth-order valence-corrected chi connectivity index (χ4v) is 3.08. The third-order valence-electron chi connectivity index (χ3n) is 4.21. The predicted octanol–water partition coefficient (Wildman–Crippen LogP) is 2.44. The number of amides is 1. The average Bonchev–Trinajstić information content (AvgIpc) is 3.01. The number of hydrogen-bond donors (Lipinski definition) is 0. The van der Waals surface area contributed by atoms with Crippen LogP contribution in [0.15, 0.2) is 34.9 Å². The molecule has 0 saturated carbocycles. The molecule has 0 unspecified atom stereocenters. The van der Waals surface area contributed by atoms with Crippen molar-refractivity contribution >= 4 is 11.9 Å². The van der Waals surface area contributed by atoms with E-state index in [0.29, 0.717) is 24.5 Å². The highest BCUT2D eigenvalue weighted by Gasteiger charge is 2.28. The summed E-state index contributed by atoms with van der Waals surface area (Å²) in [7, 11) is 0. The second-order valence-corrected chi connectivity index (χ2v) is 6.46. The van der Waals surface area contributed by atoms with Gasteiger partial charge in [-0.2, -0.15) is 0 Å². The summed E-state index contributed by atoms with van der Waals surface area (Å²) in [5.41, 5.74) is 1.40. The maximum absolute atomic E-state index is 12.5. The van der Waals surface area contributed by atoms with Gasteiger partial charge in [-0.3, -0.25) is 4.79 Å². The molecule has 138 valence electrons. The molecule has 2 heterocycles. The zero-order chi connectivity index (χ0) is 18.7. The van der Waals surface area contributed by atoms with E-state index in [2.05, 4.69) is 5.16 Å². The molecule has 1 aromatic carbocycles. The number of hydrogen-bond acceptors (Lipinski definition) is 6. The summed E-state index contributed by atoms with van der Waals surface area (Å²) in [6.45, 7) is 6.12. The number of rotatable bonds is 4. The molecule has 1 saturated heterocycles. The Bertz CT molecular complexity index is 776. The Kier molecular flexibility index (Phi) is 5.37. The minimum absolute atomic E-state index is 0.0385. The lowest BCUT2D eigenvalue weighted by Gasteiger charge is -2.35. The van der Waals surface area contributed by atoms with E-state index in [1.807, 2.05) is 44.2 Å². The number of aromatic nitrogens is 1. The lowest BCUT2D eigenvalue weighted by Crippen LogP contribution is -2.49. The Morgan fingerprint density at radius 3 is 2.50 bits per heavy atom. The van der Waals surface area contributed by atoms with Crippen molar-refractivity contribution in [2.45, 2.75) is 33.0 Å². The van der Waals surface area contributed by atoms with Crippen molar-refractivity contribution in [3.63, 3.8) is 0 Å². The minimum atomic E-state index is -0.620. The molecule has 1 fully saturated rings. The Balaban J connectivity index is 1.68. The highest BCUT2D eigenvalue weighted by Crippen LogP contribution is 2.25. The fraction of sp³-hybridized carbons (Fsp3) is 0.421. The molecule has 0 aliphatic carbocycles. The quantitative estimate of drug-likeness (QED) is 0.781. The molecule has 26 heavy (non-hydrogen) atoms. The van der Waals surface area contributed by atoms with Gasteiger partial charge in [-0.1, -0.05) is 35.5 Å². The minimum Gasteiger partial charge on any atom is -0.452 e. The van der Waals surface area contributed by atoms with Gasteiger partial charge in [-0.05, 0) is 20.8 Å². The topological polar surface area (TPSA) is 81.9 Å². The number of esters is 1. The molecule has 0 bridgehead atoms. The van der Waals surface area contributed by atoms with Gasteiger partial charge in [0.2, 0.25) is 0 Å². The molecular formula is C19H22N2O5. The molecule has 1 amide bonds. The van der Waals surface area contributed by atoms with E-state index in [1.54, 1.807) is 11.8 Å². The van der Waals surface area contributed by atoms with Crippen molar-refractivity contribution in [1.82, 2.24) is 10.1 Å². The number of morpholine rings is 1. The fourth-order valence-electron chi connectivity index (χ4n) is 3.08. The number of carbonyl (C=O) groups is 2. The summed E-state index contributed by atoms with van der Waals surface area (Å²) in [4.78, 5) is 26.5. The third kappa shape index (κ3) is 3.94. The summed E-state index contributed by atoms with van der Waals surface area (Å²) < 4.78 is 16.0. The third-order valence-corrected chi connectivity index (χ3v) is 4.21. The largest absolute Gasteiger partial charge is 0.452 e. The summed E-state index contributed by atoms with van der Waals surface area (Å²) in [5, 5.41) is 3.96. The summed E-state index contributed by atoms with van der Waals surface area (Å²) in [6.07, 6.45) is -0.0770. The molecule has 1 aliphatic rings. The Hall–Kier alpha value is -2.67. The molecule has 0 spiro atoms. The van der Waals surface area contributed by atoms with Gasteiger partial charge in [0.05, 0.1) is 12.2 Å². The molecule has 7 heteroatoms. The SMILES string of the molecule is Cc1onc(-c2ccccc2)c1C(=O)OCC(=O)N1C[C@H](C)O[C@@H](C)C1. The molecule has 3 rings (SSSR count). The maximum atomic E-state index is 12.5. The molecular weight excluding hydrogens is 336 g/mol. The number of ether oxygens (including phenoxy) is 2. The van der Waals surface area contributed by atoms with E-state index in [1.165, 1.54) is 0 Å². The van der Waals surface area contributed by atoms with Crippen LogP contribution < -0.4 is 0 Å². The first-order valence-corrected chi connectivity index (χ1v) is 8.57. The van der Waals surface area contributed by atoms with Gasteiger partial charge in [0.1, 0.15) is 17.0 Å². The van der Waals surface area contributed by atoms with Crippen molar-refractivity contribution in [2.75, 3.05) is 19.7 Å². The molecule has 0 N–H and O–H groups in total. The van der Waals surface area contributed by atoms with E-state index in [0.717, 1.165) is 5.56 Å². The van der Waals surface area contributed by atoms with Gasteiger partial charge in [-0.15, -0.1) is 0 Å². The molecule has 2 atom stereocenters. The van der Waals surface area contributed by atoms with E-state index < -0.39 is 5.97 Å². The molecule has 7 nitrogen and oxygen atoms in total. The first-order valence-electron chi connectivity index (χ1n) is 8.57. The maximum Gasteiger partial charge on any atom is 0.344 e. The number of carbonyl (C=O) groups excluding carboxylic acids is 2. The van der Waals surface area contributed by atoms with Crippen molar-refractivity contribution in [3.05, 3.63) is 41.7 Å². The predicted molar refractivity (Wildman–Crippen MR) is 93.5 cm³/mol. The molecule has 2 aromatic rings. The van der Waals surface area contributed by atoms with Crippen molar-refractivity contribution in [3.8, 4) is 11.3 Å². The van der Waals surface area contributed by atoms with E-state index in [4.69, 9.17) is 14.0 Å². The summed E-state index contributed by atoms with van der Waals surface area (Å²) in [5.74, 6) is -0.504. The normalized spacial score (nSPS) is 20.0. The Morgan fingerprint density at radius 2 is 1.85 bits per heavy atom. The Morgan fingerprint density at radius 1 is 1.19 bits per heavy atom. The van der Waals surface area contributed by atoms with Gasteiger partial charge in [0.15, 0.2) is 6.61 Å². The van der Waals surface area contributed by atoms with Gasteiger partial charge in [0, 0.05) is 18.7 Å². The van der Waals surface area contributed by atoms with Crippen LogP contribution in [-0.2, 0) is 14.3 Å². The van der Waals surface area contributed by atoms with Crippen LogP contribution >= 0.6 is 0 Å². The highest BCUT2D eigenvalue weighted by molar-refractivity contribution is 5.98. The number of nitrogens with zero attached hydrogens (tertiary/aromatic N) is 2. The summed E-state index contributed by atoms with van der Waals surface area (Å²) >= 11 is 0.